The van der Waals surface area contributed by atoms with Crippen LogP contribution in [0.2, 0.25) is 0 Å². The summed E-state index contributed by atoms with van der Waals surface area (Å²) in [7, 11) is 0. The molecule has 6 heteroatoms. The van der Waals surface area contributed by atoms with Gasteiger partial charge in [0.2, 0.25) is 0 Å². The minimum Gasteiger partial charge on any atom is -0.489 e. The van der Waals surface area contributed by atoms with E-state index in [-0.39, 0.29) is 11.9 Å². The molecule has 2 aromatic rings. The number of unbranched alkanes of at least 4 members (excludes halogenated alkanes) is 2. The number of carbonyl (C=O) groups excluding carboxylic acids is 2. The Bertz CT molecular complexity index is 1050. The summed E-state index contributed by atoms with van der Waals surface area (Å²) >= 11 is 0. The van der Waals surface area contributed by atoms with E-state index in [1.807, 2.05) is 59.5 Å². The number of hydrogen-bond acceptors (Lipinski definition) is 3. The Kier molecular flexibility index (Phi) is 7.13. The summed E-state index contributed by atoms with van der Waals surface area (Å²) in [4.78, 5) is 29.8. The van der Waals surface area contributed by atoms with E-state index in [1.54, 1.807) is 11.0 Å². The van der Waals surface area contributed by atoms with Crippen LogP contribution in [0.4, 0.5) is 4.79 Å². The molecule has 0 bridgehead atoms. The van der Waals surface area contributed by atoms with E-state index in [9.17, 15) is 9.59 Å². The normalized spacial score (nSPS) is 17.8. The van der Waals surface area contributed by atoms with Crippen LogP contribution in [-0.2, 0) is 11.4 Å². The number of nitrogens with zero attached hydrogens (tertiary/aromatic N) is 2. The van der Waals surface area contributed by atoms with E-state index in [0.29, 0.717) is 37.6 Å². The molecule has 4 rings (SSSR count). The fraction of sp³-hybridized carbons (Fsp3) is 0.333. The van der Waals surface area contributed by atoms with Gasteiger partial charge < -0.3 is 15.0 Å². The van der Waals surface area contributed by atoms with Gasteiger partial charge in [0.05, 0.1) is 23.9 Å². The third kappa shape index (κ3) is 4.95. The second-order valence-electron chi connectivity index (χ2n) is 8.42. The van der Waals surface area contributed by atoms with Gasteiger partial charge >= 0.3 is 6.03 Å². The first-order chi connectivity index (χ1) is 16.1. The molecule has 3 amide bonds. The number of hydrogen-bond donors (Lipinski definition) is 1. The lowest BCUT2D eigenvalue weighted by molar-refractivity contribution is -0.125. The van der Waals surface area contributed by atoms with Gasteiger partial charge in [0.1, 0.15) is 12.4 Å². The third-order valence-electron chi connectivity index (χ3n) is 6.08. The van der Waals surface area contributed by atoms with Crippen molar-refractivity contribution in [2.24, 2.45) is 0 Å². The molecular weight excluding hydrogens is 414 g/mol. The molecule has 0 saturated carbocycles. The van der Waals surface area contributed by atoms with Crippen LogP contribution in [0.1, 0.15) is 43.4 Å². The Morgan fingerprint density at radius 2 is 1.94 bits per heavy atom. The number of ether oxygens (including phenoxy) is 1. The molecule has 172 valence electrons. The van der Waals surface area contributed by atoms with Gasteiger partial charge in [-0.2, -0.15) is 0 Å². The van der Waals surface area contributed by atoms with Gasteiger partial charge in [-0.3, -0.25) is 9.69 Å². The fourth-order valence-electron chi connectivity index (χ4n) is 4.38. The summed E-state index contributed by atoms with van der Waals surface area (Å²) in [6.45, 7) is 7.90. The first kappa shape index (κ1) is 22.6. The molecule has 0 spiro atoms. The maximum Gasteiger partial charge on any atom is 0.322 e. The van der Waals surface area contributed by atoms with Gasteiger partial charge in [-0.15, -0.1) is 6.58 Å². The number of amides is 3. The summed E-state index contributed by atoms with van der Waals surface area (Å²) in [5.74, 6) is 0.697. The lowest BCUT2D eigenvalue weighted by Gasteiger charge is -2.33. The standard InChI is InChI=1S/C27H31N3O3/c1-3-5-9-16-29-18-23-24(26(29)31)25(28-27(32)30(23)15-4-2)21-13-10-14-22(17-21)33-19-20-11-7-6-8-12-20/h4,6-8,10-14,17,25H,2-3,5,9,15-16,18-19H2,1H3,(H,28,32). The van der Waals surface area contributed by atoms with Gasteiger partial charge in [0, 0.05) is 13.1 Å². The number of carbonyl (C=O) groups is 2. The van der Waals surface area contributed by atoms with Crippen molar-refractivity contribution in [3.63, 3.8) is 0 Å². The van der Waals surface area contributed by atoms with Crippen LogP contribution in [0.5, 0.6) is 5.75 Å². The second kappa shape index (κ2) is 10.4. The summed E-state index contributed by atoms with van der Waals surface area (Å²) in [5, 5.41) is 3.04. The zero-order valence-corrected chi connectivity index (χ0v) is 19.1. The zero-order valence-electron chi connectivity index (χ0n) is 19.1. The van der Waals surface area contributed by atoms with Crippen molar-refractivity contribution in [1.82, 2.24) is 15.1 Å². The van der Waals surface area contributed by atoms with Gasteiger partial charge in [-0.05, 0) is 29.7 Å². The average Bonchev–Trinajstić information content (AvgIpc) is 3.16. The van der Waals surface area contributed by atoms with Gasteiger partial charge in [0.15, 0.2) is 0 Å². The minimum atomic E-state index is -0.502. The fourth-order valence-corrected chi connectivity index (χ4v) is 4.38. The Hall–Kier alpha value is -3.54. The monoisotopic (exact) mass is 445 g/mol. The van der Waals surface area contributed by atoms with Crippen LogP contribution < -0.4 is 10.1 Å². The molecule has 2 heterocycles. The average molecular weight is 446 g/mol. The predicted molar refractivity (Wildman–Crippen MR) is 129 cm³/mol. The topological polar surface area (TPSA) is 61.9 Å². The molecule has 2 aromatic carbocycles. The van der Waals surface area contributed by atoms with Crippen molar-refractivity contribution in [3.8, 4) is 5.75 Å². The molecule has 0 aliphatic carbocycles. The quantitative estimate of drug-likeness (QED) is 0.422. The summed E-state index contributed by atoms with van der Waals surface area (Å²) < 4.78 is 5.99. The van der Waals surface area contributed by atoms with E-state index in [2.05, 4.69) is 18.8 Å². The highest BCUT2D eigenvalue weighted by Gasteiger charge is 2.43. The molecule has 33 heavy (non-hydrogen) atoms. The minimum absolute atomic E-state index is 0.00391. The number of rotatable bonds is 10. The van der Waals surface area contributed by atoms with E-state index in [0.717, 1.165) is 36.1 Å². The molecule has 2 aliphatic rings. The predicted octanol–water partition coefficient (Wildman–Crippen LogP) is 4.80. The van der Waals surface area contributed by atoms with E-state index >= 15 is 0 Å². The largest absolute Gasteiger partial charge is 0.489 e. The number of urea groups is 1. The molecule has 0 fully saturated rings. The van der Waals surface area contributed by atoms with Crippen molar-refractivity contribution in [2.45, 2.75) is 38.8 Å². The van der Waals surface area contributed by atoms with Crippen molar-refractivity contribution in [3.05, 3.63) is 89.6 Å². The lowest BCUT2D eigenvalue weighted by atomic mass is 9.95. The highest BCUT2D eigenvalue weighted by atomic mass is 16.5. The molecule has 0 saturated heterocycles. The third-order valence-corrected chi connectivity index (χ3v) is 6.08. The molecule has 2 aliphatic heterocycles. The molecule has 0 radical (unpaired) electrons. The zero-order chi connectivity index (χ0) is 23.2. The van der Waals surface area contributed by atoms with E-state index in [4.69, 9.17) is 4.74 Å². The Morgan fingerprint density at radius 3 is 2.70 bits per heavy atom. The SMILES string of the molecule is C=CCN1C(=O)NC(c2cccc(OCc3ccccc3)c2)C2=C1CN(CCCCC)C2=O. The maximum absolute atomic E-state index is 13.4. The summed E-state index contributed by atoms with van der Waals surface area (Å²) in [6, 6.07) is 16.9. The lowest BCUT2D eigenvalue weighted by Crippen LogP contribution is -2.47. The first-order valence-corrected chi connectivity index (χ1v) is 11.6. The van der Waals surface area contributed by atoms with Gasteiger partial charge in [-0.1, -0.05) is 68.3 Å². The molecular formula is C27H31N3O3. The number of nitrogens with one attached hydrogen (secondary N) is 1. The molecule has 1 atom stereocenters. The van der Waals surface area contributed by atoms with E-state index < -0.39 is 6.04 Å². The Morgan fingerprint density at radius 1 is 1.12 bits per heavy atom. The Balaban J connectivity index is 1.59. The highest BCUT2D eigenvalue weighted by Crippen LogP contribution is 2.37. The van der Waals surface area contributed by atoms with E-state index in [1.165, 1.54) is 0 Å². The van der Waals surface area contributed by atoms with Crippen LogP contribution in [0.3, 0.4) is 0 Å². The van der Waals surface area contributed by atoms with Crippen LogP contribution in [-0.4, -0.2) is 41.4 Å². The van der Waals surface area contributed by atoms with Crippen LogP contribution in [0.25, 0.3) is 0 Å². The van der Waals surface area contributed by atoms with Crippen molar-refractivity contribution in [1.29, 1.82) is 0 Å². The van der Waals surface area contributed by atoms with Gasteiger partial charge in [-0.25, -0.2) is 4.79 Å². The molecule has 6 nitrogen and oxygen atoms in total. The Labute approximate surface area is 195 Å². The van der Waals surface area contributed by atoms with Crippen molar-refractivity contribution in [2.75, 3.05) is 19.6 Å². The van der Waals surface area contributed by atoms with Gasteiger partial charge in [0.25, 0.3) is 5.91 Å². The van der Waals surface area contributed by atoms with Crippen molar-refractivity contribution < 1.29 is 14.3 Å². The second-order valence-corrected chi connectivity index (χ2v) is 8.42. The first-order valence-electron chi connectivity index (χ1n) is 11.6. The van der Waals surface area contributed by atoms with Crippen LogP contribution in [0, 0.1) is 0 Å². The van der Waals surface area contributed by atoms with Crippen LogP contribution in [0.15, 0.2) is 78.5 Å². The van der Waals surface area contributed by atoms with Crippen LogP contribution >= 0.6 is 0 Å². The summed E-state index contributed by atoms with van der Waals surface area (Å²) in [6.07, 6.45) is 4.81. The highest BCUT2D eigenvalue weighted by molar-refractivity contribution is 6.01. The smallest absolute Gasteiger partial charge is 0.322 e. The molecule has 1 N–H and O–H groups in total. The molecule has 1 unspecified atom stereocenters. The maximum atomic E-state index is 13.4. The van der Waals surface area contributed by atoms with Crippen molar-refractivity contribution >= 4 is 11.9 Å². The summed E-state index contributed by atoms with van der Waals surface area (Å²) in [5.41, 5.74) is 3.34. The molecule has 0 aromatic heterocycles. The number of benzene rings is 2.